The van der Waals surface area contributed by atoms with E-state index in [2.05, 4.69) is 58.6 Å². The molecule has 0 aliphatic heterocycles. The summed E-state index contributed by atoms with van der Waals surface area (Å²) in [6, 6.07) is 4.26. The molecule has 0 aromatic heterocycles. The van der Waals surface area contributed by atoms with Crippen LogP contribution in [0, 0.1) is 20.8 Å². The number of likely N-dealkylation sites (N-methyl/N-ethyl adjacent to an activating group) is 2. The lowest BCUT2D eigenvalue weighted by Gasteiger charge is -2.33. The minimum Gasteiger partial charge on any atom is -0.470 e. The van der Waals surface area contributed by atoms with E-state index < -0.39 is 0 Å². The summed E-state index contributed by atoms with van der Waals surface area (Å²) in [5.41, 5.74) is 3.48. The predicted octanol–water partition coefficient (Wildman–Crippen LogP) is 4.34. The van der Waals surface area contributed by atoms with Crippen LogP contribution in [0.5, 0.6) is 5.75 Å². The van der Waals surface area contributed by atoms with Gasteiger partial charge < -0.3 is 9.64 Å². The number of carbonyl (C=O) groups is 1. The molecule has 1 atom stereocenters. The number of nitrogens with zero attached hydrogens (tertiary/aromatic N) is 2. The Bertz CT molecular complexity index is 521. The summed E-state index contributed by atoms with van der Waals surface area (Å²) in [6.07, 6.45) is 0.545. The molecule has 1 amide bonds. The van der Waals surface area contributed by atoms with Gasteiger partial charge in [-0.05, 0) is 51.9 Å². The monoisotopic (exact) mass is 370 g/mol. The molecule has 144 valence electrons. The molecule has 0 radical (unpaired) electrons. The summed E-state index contributed by atoms with van der Waals surface area (Å²) >= 11 is 0. The molecule has 1 rings (SSSR count). The van der Waals surface area contributed by atoms with Crippen molar-refractivity contribution < 1.29 is 9.53 Å². The highest BCUT2D eigenvalue weighted by Crippen LogP contribution is 2.27. The molecule has 0 spiro atoms. The molecule has 25 heavy (non-hydrogen) atoms. The van der Waals surface area contributed by atoms with Crippen molar-refractivity contribution in [1.29, 1.82) is 0 Å². The first kappa shape index (κ1) is 23.7. The van der Waals surface area contributed by atoms with E-state index in [-0.39, 0.29) is 24.5 Å². The molecule has 0 bridgehead atoms. The van der Waals surface area contributed by atoms with Crippen molar-refractivity contribution in [3.05, 3.63) is 28.8 Å². The topological polar surface area (TPSA) is 32.8 Å². The number of amides is 1. The van der Waals surface area contributed by atoms with E-state index in [1.165, 1.54) is 5.56 Å². The second-order valence-corrected chi connectivity index (χ2v) is 6.35. The van der Waals surface area contributed by atoms with Crippen molar-refractivity contribution in [3.8, 4) is 5.75 Å². The molecular formula is C20H35ClN2O2. The number of hydrogen-bond donors (Lipinski definition) is 0. The van der Waals surface area contributed by atoms with Crippen LogP contribution in [0.15, 0.2) is 12.1 Å². The molecule has 0 saturated heterocycles. The standard InChI is InChI=1S/C20H34N2O2.ClH/c1-8-19(22(11-4)18(23)14-21(9-2)10-3)24-20-16(6)12-15(5)13-17(20)7;/h12-13,19H,8-11,14H2,1-7H3;1H. The van der Waals surface area contributed by atoms with Crippen LogP contribution >= 0.6 is 12.4 Å². The Labute approximate surface area is 159 Å². The smallest absolute Gasteiger partial charge is 0.239 e. The van der Waals surface area contributed by atoms with Crippen LogP contribution in [0.2, 0.25) is 0 Å². The first-order chi connectivity index (χ1) is 11.4. The van der Waals surface area contributed by atoms with E-state index >= 15 is 0 Å². The van der Waals surface area contributed by atoms with Gasteiger partial charge in [0.25, 0.3) is 0 Å². The van der Waals surface area contributed by atoms with Crippen LogP contribution in [0.4, 0.5) is 0 Å². The largest absolute Gasteiger partial charge is 0.470 e. The lowest BCUT2D eigenvalue weighted by molar-refractivity contribution is -0.140. The highest BCUT2D eigenvalue weighted by atomic mass is 35.5. The molecule has 0 N–H and O–H groups in total. The normalized spacial score (nSPS) is 11.8. The Hall–Kier alpha value is -1.26. The number of carbonyl (C=O) groups excluding carboxylic acids is 1. The minimum absolute atomic E-state index is 0. The fourth-order valence-corrected chi connectivity index (χ4v) is 3.13. The third kappa shape index (κ3) is 6.52. The molecule has 1 aromatic carbocycles. The van der Waals surface area contributed by atoms with Gasteiger partial charge in [-0.1, -0.05) is 38.5 Å². The maximum absolute atomic E-state index is 12.7. The number of halogens is 1. The van der Waals surface area contributed by atoms with Crippen molar-refractivity contribution in [2.75, 3.05) is 26.2 Å². The van der Waals surface area contributed by atoms with Crippen molar-refractivity contribution >= 4 is 18.3 Å². The first-order valence-electron chi connectivity index (χ1n) is 9.14. The SMILES string of the molecule is CCC(Oc1c(C)cc(C)cc1C)N(CC)C(=O)CN(CC)CC.Cl. The van der Waals surface area contributed by atoms with Gasteiger partial charge in [0.2, 0.25) is 5.91 Å². The van der Waals surface area contributed by atoms with E-state index in [1.54, 1.807) is 0 Å². The van der Waals surface area contributed by atoms with Gasteiger partial charge >= 0.3 is 0 Å². The fraction of sp³-hybridized carbons (Fsp3) is 0.650. The summed E-state index contributed by atoms with van der Waals surface area (Å²) in [6.45, 7) is 17.3. The highest BCUT2D eigenvalue weighted by molar-refractivity contribution is 5.85. The molecule has 1 aromatic rings. The molecular weight excluding hydrogens is 336 g/mol. The zero-order valence-corrected chi connectivity index (χ0v) is 17.7. The Morgan fingerprint density at radius 2 is 1.52 bits per heavy atom. The van der Waals surface area contributed by atoms with Crippen LogP contribution in [-0.2, 0) is 4.79 Å². The molecule has 0 fully saturated rings. The van der Waals surface area contributed by atoms with Crippen LogP contribution < -0.4 is 4.74 Å². The van der Waals surface area contributed by atoms with Crippen LogP contribution in [0.25, 0.3) is 0 Å². The zero-order chi connectivity index (χ0) is 18.3. The van der Waals surface area contributed by atoms with Gasteiger partial charge in [0, 0.05) is 13.0 Å². The van der Waals surface area contributed by atoms with Crippen molar-refractivity contribution in [2.45, 2.75) is 61.1 Å². The van der Waals surface area contributed by atoms with Crippen LogP contribution in [-0.4, -0.2) is 48.1 Å². The summed E-state index contributed by atoms with van der Waals surface area (Å²) in [7, 11) is 0. The number of hydrogen-bond acceptors (Lipinski definition) is 3. The minimum atomic E-state index is -0.224. The second kappa shape index (κ2) is 11.4. The number of rotatable bonds is 9. The van der Waals surface area contributed by atoms with Crippen LogP contribution in [0.1, 0.15) is 50.8 Å². The van der Waals surface area contributed by atoms with Gasteiger partial charge in [-0.2, -0.15) is 0 Å². The van der Waals surface area contributed by atoms with E-state index in [0.29, 0.717) is 13.1 Å². The van der Waals surface area contributed by atoms with Gasteiger partial charge in [-0.15, -0.1) is 12.4 Å². The van der Waals surface area contributed by atoms with E-state index in [1.807, 2.05) is 11.8 Å². The van der Waals surface area contributed by atoms with Crippen LogP contribution in [0.3, 0.4) is 0 Å². The third-order valence-corrected chi connectivity index (χ3v) is 4.47. The van der Waals surface area contributed by atoms with Gasteiger partial charge in [0.15, 0.2) is 6.23 Å². The Kier molecular flexibility index (Phi) is 10.8. The quantitative estimate of drug-likeness (QED) is 0.606. The van der Waals surface area contributed by atoms with Crippen molar-refractivity contribution in [2.24, 2.45) is 0 Å². The highest BCUT2D eigenvalue weighted by Gasteiger charge is 2.24. The fourth-order valence-electron chi connectivity index (χ4n) is 3.13. The van der Waals surface area contributed by atoms with Crippen molar-refractivity contribution in [1.82, 2.24) is 9.80 Å². The number of benzene rings is 1. The first-order valence-corrected chi connectivity index (χ1v) is 9.14. The summed E-state index contributed by atoms with van der Waals surface area (Å²) in [5, 5.41) is 0. The maximum atomic E-state index is 12.7. The Morgan fingerprint density at radius 3 is 1.92 bits per heavy atom. The molecule has 5 heteroatoms. The number of ether oxygens (including phenoxy) is 1. The molecule has 0 heterocycles. The average Bonchev–Trinajstić information content (AvgIpc) is 2.54. The van der Waals surface area contributed by atoms with Gasteiger partial charge in [-0.3, -0.25) is 9.69 Å². The summed E-state index contributed by atoms with van der Waals surface area (Å²) in [5.74, 6) is 1.04. The van der Waals surface area contributed by atoms with E-state index in [4.69, 9.17) is 4.74 Å². The van der Waals surface area contributed by atoms with Gasteiger partial charge in [0.05, 0.1) is 6.54 Å². The third-order valence-electron chi connectivity index (χ3n) is 4.47. The maximum Gasteiger partial charge on any atom is 0.239 e. The molecule has 0 saturated carbocycles. The van der Waals surface area contributed by atoms with Gasteiger partial charge in [-0.25, -0.2) is 0 Å². The molecule has 0 aliphatic rings. The molecule has 4 nitrogen and oxygen atoms in total. The second-order valence-electron chi connectivity index (χ2n) is 6.35. The summed E-state index contributed by atoms with van der Waals surface area (Å²) < 4.78 is 6.29. The zero-order valence-electron chi connectivity index (χ0n) is 16.9. The predicted molar refractivity (Wildman–Crippen MR) is 108 cm³/mol. The molecule has 0 aliphatic carbocycles. The van der Waals surface area contributed by atoms with E-state index in [9.17, 15) is 4.79 Å². The Morgan fingerprint density at radius 1 is 1.00 bits per heavy atom. The Balaban J connectivity index is 0.00000576. The van der Waals surface area contributed by atoms with Gasteiger partial charge in [0.1, 0.15) is 5.75 Å². The number of aryl methyl sites for hydroxylation is 3. The molecule has 1 unspecified atom stereocenters. The average molecular weight is 371 g/mol. The van der Waals surface area contributed by atoms with E-state index in [0.717, 1.165) is 36.4 Å². The lowest BCUT2D eigenvalue weighted by Crippen LogP contribution is -2.47. The summed E-state index contributed by atoms with van der Waals surface area (Å²) in [4.78, 5) is 16.7. The van der Waals surface area contributed by atoms with Crippen molar-refractivity contribution in [3.63, 3.8) is 0 Å². The lowest BCUT2D eigenvalue weighted by atomic mass is 10.1.